The summed E-state index contributed by atoms with van der Waals surface area (Å²) in [6, 6.07) is 0. The highest BCUT2D eigenvalue weighted by molar-refractivity contribution is 4.79. The van der Waals surface area contributed by atoms with Crippen LogP contribution < -0.4 is 0 Å². The minimum absolute atomic E-state index is 0.104. The van der Waals surface area contributed by atoms with E-state index in [2.05, 4.69) is 13.8 Å². The lowest BCUT2D eigenvalue weighted by Gasteiger charge is -2.16. The van der Waals surface area contributed by atoms with Crippen molar-refractivity contribution in [3.05, 3.63) is 0 Å². The van der Waals surface area contributed by atoms with Crippen LogP contribution in [0.2, 0.25) is 0 Å². The van der Waals surface area contributed by atoms with Gasteiger partial charge in [-0.25, -0.2) is 0 Å². The van der Waals surface area contributed by atoms with Crippen molar-refractivity contribution in [3.63, 3.8) is 0 Å². The largest absolute Gasteiger partial charge is 0.393 e. The summed E-state index contributed by atoms with van der Waals surface area (Å²) in [4.78, 5) is 0. The number of hydrogen-bond donors (Lipinski definition) is 1. The first-order valence-corrected chi connectivity index (χ1v) is 5.77. The second-order valence-corrected chi connectivity index (χ2v) is 4.40. The molecule has 1 fully saturated rings. The van der Waals surface area contributed by atoms with E-state index >= 15 is 0 Å². The molecule has 0 amide bonds. The van der Waals surface area contributed by atoms with E-state index in [1.54, 1.807) is 0 Å². The summed E-state index contributed by atoms with van der Waals surface area (Å²) in [5.74, 6) is 2.50. The summed E-state index contributed by atoms with van der Waals surface area (Å²) >= 11 is 0. The standard InChI is InChI=1S/C10H20O.C2H6/c1-7-4-8(2)10(5-7)6-9(3)11;1-2/h7-11H,4-6H2,1-3H3;1-2H3. The van der Waals surface area contributed by atoms with E-state index < -0.39 is 0 Å². The molecule has 0 aromatic heterocycles. The predicted molar refractivity (Wildman–Crippen MR) is 58.7 cm³/mol. The third-order valence-electron chi connectivity index (χ3n) is 2.93. The zero-order chi connectivity index (χ0) is 10.4. The van der Waals surface area contributed by atoms with Gasteiger partial charge >= 0.3 is 0 Å². The summed E-state index contributed by atoms with van der Waals surface area (Å²) in [7, 11) is 0. The Morgan fingerprint density at radius 3 is 2.08 bits per heavy atom. The van der Waals surface area contributed by atoms with Gasteiger partial charge in [-0.15, -0.1) is 0 Å². The van der Waals surface area contributed by atoms with E-state index in [1.807, 2.05) is 20.8 Å². The average molecular weight is 186 g/mol. The molecule has 1 nitrogen and oxygen atoms in total. The first-order chi connectivity index (χ1) is 6.09. The van der Waals surface area contributed by atoms with Gasteiger partial charge in [-0.3, -0.25) is 0 Å². The molecule has 1 rings (SSSR count). The molecule has 0 saturated heterocycles. The topological polar surface area (TPSA) is 20.2 Å². The van der Waals surface area contributed by atoms with Crippen molar-refractivity contribution in [3.8, 4) is 0 Å². The van der Waals surface area contributed by atoms with Crippen LogP contribution in [0.15, 0.2) is 0 Å². The fourth-order valence-electron chi connectivity index (χ4n) is 2.44. The first kappa shape index (κ1) is 13.0. The summed E-state index contributed by atoms with van der Waals surface area (Å²) in [6.45, 7) is 10.5. The molecule has 0 spiro atoms. The second kappa shape index (κ2) is 6.42. The van der Waals surface area contributed by atoms with Crippen molar-refractivity contribution in [1.82, 2.24) is 0 Å². The van der Waals surface area contributed by atoms with Crippen LogP contribution in [0.1, 0.15) is 53.9 Å². The molecule has 0 aromatic rings. The van der Waals surface area contributed by atoms with Gasteiger partial charge in [-0.2, -0.15) is 0 Å². The van der Waals surface area contributed by atoms with Gasteiger partial charge in [-0.1, -0.05) is 27.7 Å². The second-order valence-electron chi connectivity index (χ2n) is 4.40. The zero-order valence-electron chi connectivity index (χ0n) is 9.88. The van der Waals surface area contributed by atoms with E-state index in [1.165, 1.54) is 12.8 Å². The molecule has 0 aliphatic heterocycles. The van der Waals surface area contributed by atoms with Crippen molar-refractivity contribution >= 4 is 0 Å². The Kier molecular flexibility index (Phi) is 6.40. The zero-order valence-corrected chi connectivity index (χ0v) is 9.88. The summed E-state index contributed by atoms with van der Waals surface area (Å²) < 4.78 is 0. The van der Waals surface area contributed by atoms with Crippen molar-refractivity contribution < 1.29 is 5.11 Å². The molecular formula is C12H26O. The van der Waals surface area contributed by atoms with Gasteiger partial charge in [0, 0.05) is 0 Å². The Hall–Kier alpha value is -0.0400. The number of hydrogen-bond acceptors (Lipinski definition) is 1. The molecule has 0 heterocycles. The molecule has 0 aromatic carbocycles. The molecule has 4 atom stereocenters. The molecule has 13 heavy (non-hydrogen) atoms. The molecule has 1 N–H and O–H groups in total. The van der Waals surface area contributed by atoms with Crippen molar-refractivity contribution in [2.75, 3.05) is 0 Å². The maximum atomic E-state index is 9.22. The SMILES string of the molecule is CC.CC(O)CC1CC(C)CC1C. The lowest BCUT2D eigenvalue weighted by atomic mass is 9.92. The lowest BCUT2D eigenvalue weighted by Crippen LogP contribution is -2.12. The van der Waals surface area contributed by atoms with Gasteiger partial charge in [0.15, 0.2) is 0 Å². The Labute approximate surface area is 83.5 Å². The molecule has 0 bridgehead atoms. The van der Waals surface area contributed by atoms with E-state index in [9.17, 15) is 5.11 Å². The summed E-state index contributed by atoms with van der Waals surface area (Å²) in [5, 5.41) is 9.22. The fourth-order valence-corrected chi connectivity index (χ4v) is 2.44. The van der Waals surface area contributed by atoms with Gasteiger partial charge in [0.05, 0.1) is 6.10 Å². The minimum Gasteiger partial charge on any atom is -0.393 e. The van der Waals surface area contributed by atoms with Crippen LogP contribution in [0.3, 0.4) is 0 Å². The van der Waals surface area contributed by atoms with Crippen LogP contribution in [-0.4, -0.2) is 11.2 Å². The summed E-state index contributed by atoms with van der Waals surface area (Å²) in [6.07, 6.45) is 3.59. The molecule has 80 valence electrons. The monoisotopic (exact) mass is 186 g/mol. The van der Waals surface area contributed by atoms with Gasteiger partial charge in [-0.05, 0) is 43.9 Å². The predicted octanol–water partition coefficient (Wildman–Crippen LogP) is 3.47. The highest BCUT2D eigenvalue weighted by Gasteiger charge is 2.28. The van der Waals surface area contributed by atoms with Crippen LogP contribution in [0, 0.1) is 17.8 Å². The first-order valence-electron chi connectivity index (χ1n) is 5.77. The van der Waals surface area contributed by atoms with Gasteiger partial charge in [0.1, 0.15) is 0 Å². The summed E-state index contributed by atoms with van der Waals surface area (Å²) in [5.41, 5.74) is 0. The van der Waals surface area contributed by atoms with Crippen LogP contribution in [0.4, 0.5) is 0 Å². The third-order valence-corrected chi connectivity index (χ3v) is 2.93. The Balaban J connectivity index is 0.000000671. The Morgan fingerprint density at radius 1 is 1.23 bits per heavy atom. The number of aliphatic hydroxyl groups is 1. The van der Waals surface area contributed by atoms with Crippen LogP contribution >= 0.6 is 0 Å². The average Bonchev–Trinajstić information content (AvgIpc) is 2.33. The van der Waals surface area contributed by atoms with E-state index in [0.717, 1.165) is 24.2 Å². The van der Waals surface area contributed by atoms with E-state index in [0.29, 0.717) is 0 Å². The lowest BCUT2D eigenvalue weighted by molar-refractivity contribution is 0.150. The van der Waals surface area contributed by atoms with Gasteiger partial charge < -0.3 is 5.11 Å². The molecular weight excluding hydrogens is 160 g/mol. The Bertz CT molecular complexity index is 120. The van der Waals surface area contributed by atoms with Crippen molar-refractivity contribution in [2.45, 2.75) is 60.0 Å². The normalized spacial score (nSPS) is 35.1. The van der Waals surface area contributed by atoms with Crippen molar-refractivity contribution in [1.29, 1.82) is 0 Å². The van der Waals surface area contributed by atoms with Crippen LogP contribution in [0.5, 0.6) is 0 Å². The fraction of sp³-hybridized carbons (Fsp3) is 1.00. The van der Waals surface area contributed by atoms with Crippen LogP contribution in [0.25, 0.3) is 0 Å². The smallest absolute Gasteiger partial charge is 0.0514 e. The molecule has 4 unspecified atom stereocenters. The molecule has 1 heteroatoms. The molecule has 1 saturated carbocycles. The van der Waals surface area contributed by atoms with E-state index in [4.69, 9.17) is 0 Å². The highest BCUT2D eigenvalue weighted by Crippen LogP contribution is 2.38. The number of aliphatic hydroxyl groups excluding tert-OH is 1. The quantitative estimate of drug-likeness (QED) is 0.700. The van der Waals surface area contributed by atoms with E-state index in [-0.39, 0.29) is 6.10 Å². The molecule has 0 radical (unpaired) electrons. The van der Waals surface area contributed by atoms with Gasteiger partial charge in [0.2, 0.25) is 0 Å². The maximum absolute atomic E-state index is 9.22. The number of rotatable bonds is 2. The van der Waals surface area contributed by atoms with Gasteiger partial charge in [0.25, 0.3) is 0 Å². The Morgan fingerprint density at radius 2 is 1.77 bits per heavy atom. The van der Waals surface area contributed by atoms with Crippen LogP contribution in [-0.2, 0) is 0 Å². The van der Waals surface area contributed by atoms with Crippen molar-refractivity contribution in [2.24, 2.45) is 17.8 Å². The third kappa shape index (κ3) is 4.66. The maximum Gasteiger partial charge on any atom is 0.0514 e. The molecule has 1 aliphatic carbocycles. The molecule has 1 aliphatic rings. The highest BCUT2D eigenvalue weighted by atomic mass is 16.3. The minimum atomic E-state index is -0.104.